The van der Waals surface area contributed by atoms with Crippen LogP contribution in [-0.4, -0.2) is 5.91 Å². The molecule has 1 amide bonds. The van der Waals surface area contributed by atoms with Gasteiger partial charge in [0, 0.05) is 35.5 Å². The Balaban J connectivity index is 2.09. The van der Waals surface area contributed by atoms with Crippen LogP contribution in [0.25, 0.3) is 0 Å². The number of hydrogen-bond donors (Lipinski definition) is 2. The lowest BCUT2D eigenvalue weighted by Gasteiger charge is -2.08. The molecule has 0 atom stereocenters. The van der Waals surface area contributed by atoms with Gasteiger partial charge in [0.1, 0.15) is 17.5 Å². The van der Waals surface area contributed by atoms with E-state index in [-0.39, 0.29) is 6.54 Å². The van der Waals surface area contributed by atoms with E-state index in [0.29, 0.717) is 23.4 Å². The molecule has 0 heterocycles. The monoisotopic (exact) mass is 280 g/mol. The molecule has 0 aromatic heterocycles. The molecule has 0 aliphatic heterocycles. The van der Waals surface area contributed by atoms with Gasteiger partial charge in [-0.15, -0.1) is 0 Å². The van der Waals surface area contributed by atoms with Crippen LogP contribution < -0.4 is 11.1 Å². The lowest BCUT2D eigenvalue weighted by molar-refractivity contribution is 0.0950. The van der Waals surface area contributed by atoms with E-state index in [1.807, 2.05) is 0 Å². The van der Waals surface area contributed by atoms with Gasteiger partial charge in [0.2, 0.25) is 0 Å². The van der Waals surface area contributed by atoms with E-state index in [9.17, 15) is 18.0 Å². The van der Waals surface area contributed by atoms with Crippen molar-refractivity contribution in [1.82, 2.24) is 5.32 Å². The Labute approximate surface area is 113 Å². The number of anilines is 1. The van der Waals surface area contributed by atoms with Crippen molar-refractivity contribution in [2.24, 2.45) is 0 Å². The summed E-state index contributed by atoms with van der Waals surface area (Å²) in [6.45, 7) is -0.374. The van der Waals surface area contributed by atoms with Gasteiger partial charge in [-0.3, -0.25) is 4.79 Å². The largest absolute Gasteiger partial charge is 0.399 e. The van der Waals surface area contributed by atoms with Crippen molar-refractivity contribution >= 4 is 11.6 Å². The average Bonchev–Trinajstić information content (AvgIpc) is 2.38. The fraction of sp³-hybridized carbons (Fsp3) is 0.0714. The summed E-state index contributed by atoms with van der Waals surface area (Å²) in [6, 6.07) is 7.17. The molecule has 3 N–H and O–H groups in total. The van der Waals surface area contributed by atoms with Crippen molar-refractivity contribution in [3.05, 3.63) is 65.0 Å². The molecule has 0 saturated heterocycles. The number of halogens is 3. The standard InChI is InChI=1S/C14H11F3N2O/c15-9-5-12(16)11(13(17)6-9)7-19-14(20)8-1-3-10(18)4-2-8/h1-6H,7,18H2,(H,19,20). The molecule has 2 rings (SSSR count). The highest BCUT2D eigenvalue weighted by atomic mass is 19.1. The highest BCUT2D eigenvalue weighted by molar-refractivity contribution is 5.94. The van der Waals surface area contributed by atoms with Gasteiger partial charge in [-0.1, -0.05) is 0 Å². The molecule has 0 aliphatic carbocycles. The highest BCUT2D eigenvalue weighted by Gasteiger charge is 2.13. The van der Waals surface area contributed by atoms with Gasteiger partial charge in [-0.05, 0) is 24.3 Å². The van der Waals surface area contributed by atoms with E-state index in [4.69, 9.17) is 5.73 Å². The van der Waals surface area contributed by atoms with E-state index >= 15 is 0 Å². The van der Waals surface area contributed by atoms with E-state index in [0.717, 1.165) is 0 Å². The number of amides is 1. The minimum Gasteiger partial charge on any atom is -0.399 e. The topological polar surface area (TPSA) is 55.1 Å². The molecule has 0 radical (unpaired) electrons. The van der Waals surface area contributed by atoms with Crippen LogP contribution in [0.15, 0.2) is 36.4 Å². The van der Waals surface area contributed by atoms with E-state index in [1.54, 1.807) is 0 Å². The van der Waals surface area contributed by atoms with Gasteiger partial charge in [0.25, 0.3) is 5.91 Å². The summed E-state index contributed by atoms with van der Waals surface area (Å²) in [6.07, 6.45) is 0. The van der Waals surface area contributed by atoms with E-state index in [1.165, 1.54) is 24.3 Å². The molecule has 6 heteroatoms. The summed E-state index contributed by atoms with van der Waals surface area (Å²) in [4.78, 5) is 11.7. The van der Waals surface area contributed by atoms with Crippen LogP contribution in [0, 0.1) is 17.5 Å². The molecular weight excluding hydrogens is 269 g/mol. The van der Waals surface area contributed by atoms with Crippen LogP contribution >= 0.6 is 0 Å². The summed E-state index contributed by atoms with van der Waals surface area (Å²) in [5, 5.41) is 2.35. The number of carbonyl (C=O) groups excluding carboxylic acids is 1. The number of benzene rings is 2. The zero-order valence-electron chi connectivity index (χ0n) is 10.3. The summed E-state index contributed by atoms with van der Waals surface area (Å²) in [7, 11) is 0. The molecule has 104 valence electrons. The molecule has 0 fully saturated rings. The van der Waals surface area contributed by atoms with Gasteiger partial charge in [0.15, 0.2) is 0 Å². The first kappa shape index (κ1) is 13.9. The minimum absolute atomic E-state index is 0.308. The summed E-state index contributed by atoms with van der Waals surface area (Å²) >= 11 is 0. The van der Waals surface area contributed by atoms with Gasteiger partial charge in [-0.2, -0.15) is 0 Å². The third-order valence-corrected chi connectivity index (χ3v) is 2.70. The molecule has 0 saturated carbocycles. The van der Waals surface area contributed by atoms with Crippen molar-refractivity contribution in [3.63, 3.8) is 0 Å². The number of nitrogens with two attached hydrogens (primary N) is 1. The van der Waals surface area contributed by atoms with Gasteiger partial charge >= 0.3 is 0 Å². The maximum Gasteiger partial charge on any atom is 0.251 e. The second-order valence-corrected chi connectivity index (χ2v) is 4.15. The van der Waals surface area contributed by atoms with Crippen molar-refractivity contribution in [2.45, 2.75) is 6.54 Å². The predicted molar refractivity (Wildman–Crippen MR) is 68.3 cm³/mol. The average molecular weight is 280 g/mol. The third-order valence-electron chi connectivity index (χ3n) is 2.70. The second-order valence-electron chi connectivity index (χ2n) is 4.15. The maximum absolute atomic E-state index is 13.4. The molecule has 3 nitrogen and oxygen atoms in total. The Kier molecular flexibility index (Phi) is 3.93. The van der Waals surface area contributed by atoms with E-state index < -0.39 is 28.9 Å². The molecule has 0 unspecified atom stereocenters. The van der Waals surface area contributed by atoms with Crippen molar-refractivity contribution < 1.29 is 18.0 Å². The fourth-order valence-corrected chi connectivity index (χ4v) is 1.65. The van der Waals surface area contributed by atoms with E-state index in [2.05, 4.69) is 5.32 Å². The van der Waals surface area contributed by atoms with Crippen LogP contribution in [0.4, 0.5) is 18.9 Å². The van der Waals surface area contributed by atoms with Crippen molar-refractivity contribution in [3.8, 4) is 0 Å². The Hall–Kier alpha value is -2.50. The first-order valence-corrected chi connectivity index (χ1v) is 5.74. The molecule has 0 bridgehead atoms. The SMILES string of the molecule is Nc1ccc(C(=O)NCc2c(F)cc(F)cc2F)cc1. The predicted octanol–water partition coefficient (Wildman–Crippen LogP) is 2.62. The Morgan fingerprint density at radius 2 is 1.60 bits per heavy atom. The number of nitrogen functional groups attached to an aromatic ring is 1. The molecule has 2 aromatic carbocycles. The number of rotatable bonds is 3. The number of nitrogens with one attached hydrogen (secondary N) is 1. The molecular formula is C14H11F3N2O. The highest BCUT2D eigenvalue weighted by Crippen LogP contribution is 2.14. The normalized spacial score (nSPS) is 10.3. The smallest absolute Gasteiger partial charge is 0.251 e. The second kappa shape index (κ2) is 5.64. The zero-order valence-corrected chi connectivity index (χ0v) is 10.3. The maximum atomic E-state index is 13.4. The molecule has 2 aromatic rings. The number of carbonyl (C=O) groups is 1. The number of hydrogen-bond acceptors (Lipinski definition) is 2. The Bertz CT molecular complexity index is 618. The van der Waals surface area contributed by atoms with Gasteiger partial charge in [0.05, 0.1) is 0 Å². The van der Waals surface area contributed by atoms with Crippen LogP contribution in [-0.2, 0) is 6.54 Å². The van der Waals surface area contributed by atoms with Crippen molar-refractivity contribution in [1.29, 1.82) is 0 Å². The quantitative estimate of drug-likeness (QED) is 0.849. The first-order valence-electron chi connectivity index (χ1n) is 5.74. The van der Waals surface area contributed by atoms with Crippen LogP contribution in [0.5, 0.6) is 0 Å². The summed E-state index contributed by atoms with van der Waals surface area (Å²) < 4.78 is 39.5. The lowest BCUT2D eigenvalue weighted by atomic mass is 10.1. The molecule has 0 aliphatic rings. The van der Waals surface area contributed by atoms with Gasteiger partial charge in [-0.25, -0.2) is 13.2 Å². The summed E-state index contributed by atoms with van der Waals surface area (Å²) in [5.74, 6) is -3.60. The van der Waals surface area contributed by atoms with Crippen LogP contribution in [0.3, 0.4) is 0 Å². The lowest BCUT2D eigenvalue weighted by Crippen LogP contribution is -2.24. The Morgan fingerprint density at radius 1 is 1.05 bits per heavy atom. The first-order chi connectivity index (χ1) is 9.47. The fourth-order valence-electron chi connectivity index (χ4n) is 1.65. The summed E-state index contributed by atoms with van der Waals surface area (Å²) in [5.41, 5.74) is 5.89. The Morgan fingerprint density at radius 3 is 2.15 bits per heavy atom. The van der Waals surface area contributed by atoms with Crippen molar-refractivity contribution in [2.75, 3.05) is 5.73 Å². The molecule has 0 spiro atoms. The van der Waals surface area contributed by atoms with Crippen LogP contribution in [0.1, 0.15) is 15.9 Å². The minimum atomic E-state index is -1.04. The zero-order chi connectivity index (χ0) is 14.7. The third kappa shape index (κ3) is 3.09. The van der Waals surface area contributed by atoms with Crippen LogP contribution in [0.2, 0.25) is 0 Å². The van der Waals surface area contributed by atoms with Gasteiger partial charge < -0.3 is 11.1 Å². The molecule has 20 heavy (non-hydrogen) atoms.